The zero-order chi connectivity index (χ0) is 21.5. The van der Waals surface area contributed by atoms with Gasteiger partial charge in [-0.25, -0.2) is 4.99 Å². The standard InChI is InChI=1S/C21H17Cl2N3O4/c1-29-19-5-3-2-4-18(19)24-11-16-6-7-17(30-16)12-25-20(27)21(28)26-15-9-13(22)8-14(23)10-15/h2-11H,12H2,1H3,(H,25,27)(H,26,28). The minimum absolute atomic E-state index is 0.0328. The number of ether oxygens (including phenoxy) is 1. The van der Waals surface area contributed by atoms with Crippen LogP contribution in [-0.4, -0.2) is 25.1 Å². The molecule has 0 bridgehead atoms. The van der Waals surface area contributed by atoms with Gasteiger partial charge in [-0.1, -0.05) is 35.3 Å². The van der Waals surface area contributed by atoms with E-state index in [4.69, 9.17) is 32.4 Å². The molecule has 2 amide bonds. The number of hydrogen-bond acceptors (Lipinski definition) is 5. The van der Waals surface area contributed by atoms with Gasteiger partial charge in [-0.2, -0.15) is 0 Å². The Bertz CT molecular complexity index is 1080. The highest BCUT2D eigenvalue weighted by Crippen LogP contribution is 2.26. The molecule has 0 fully saturated rings. The SMILES string of the molecule is COc1ccccc1N=Cc1ccc(CNC(=O)C(=O)Nc2cc(Cl)cc(Cl)c2)o1. The lowest BCUT2D eigenvalue weighted by atomic mass is 10.3. The van der Waals surface area contributed by atoms with Crippen molar-refractivity contribution < 1.29 is 18.7 Å². The number of halogens is 2. The van der Waals surface area contributed by atoms with Crippen LogP contribution < -0.4 is 15.4 Å². The van der Waals surface area contributed by atoms with Crippen LogP contribution in [0.25, 0.3) is 0 Å². The number of aliphatic imine (C=N–C) groups is 1. The average molecular weight is 446 g/mol. The summed E-state index contributed by atoms with van der Waals surface area (Å²) in [6.07, 6.45) is 1.54. The molecule has 0 atom stereocenters. The Morgan fingerprint density at radius 1 is 1.07 bits per heavy atom. The van der Waals surface area contributed by atoms with Crippen LogP contribution in [0, 0.1) is 0 Å². The molecule has 9 heteroatoms. The van der Waals surface area contributed by atoms with Crippen LogP contribution in [0.15, 0.2) is 64.0 Å². The summed E-state index contributed by atoms with van der Waals surface area (Å²) in [5.41, 5.74) is 0.976. The lowest BCUT2D eigenvalue weighted by molar-refractivity contribution is -0.136. The first kappa shape index (κ1) is 21.4. The van der Waals surface area contributed by atoms with Crippen molar-refractivity contribution in [3.05, 3.63) is 76.2 Å². The Morgan fingerprint density at radius 2 is 1.80 bits per heavy atom. The van der Waals surface area contributed by atoms with E-state index in [2.05, 4.69) is 15.6 Å². The molecule has 2 aromatic carbocycles. The van der Waals surface area contributed by atoms with Gasteiger partial charge in [-0.3, -0.25) is 9.59 Å². The van der Waals surface area contributed by atoms with Crippen molar-refractivity contribution in [3.8, 4) is 5.75 Å². The lowest BCUT2D eigenvalue weighted by Gasteiger charge is -2.06. The minimum Gasteiger partial charge on any atom is -0.494 e. The number of anilines is 1. The van der Waals surface area contributed by atoms with E-state index >= 15 is 0 Å². The Hall–Kier alpha value is -3.29. The molecule has 0 aliphatic carbocycles. The van der Waals surface area contributed by atoms with Crippen LogP contribution >= 0.6 is 23.2 Å². The largest absolute Gasteiger partial charge is 0.494 e. The van der Waals surface area contributed by atoms with Crippen molar-refractivity contribution in [1.82, 2.24) is 5.32 Å². The molecule has 2 N–H and O–H groups in total. The van der Waals surface area contributed by atoms with Crippen molar-refractivity contribution in [2.24, 2.45) is 4.99 Å². The number of carbonyl (C=O) groups excluding carboxylic acids is 2. The highest BCUT2D eigenvalue weighted by atomic mass is 35.5. The summed E-state index contributed by atoms with van der Waals surface area (Å²) >= 11 is 11.7. The summed E-state index contributed by atoms with van der Waals surface area (Å²) in [6, 6.07) is 15.2. The molecule has 1 heterocycles. The van der Waals surface area contributed by atoms with Crippen LogP contribution in [0.4, 0.5) is 11.4 Å². The quantitative estimate of drug-likeness (QED) is 0.428. The Morgan fingerprint density at radius 3 is 2.53 bits per heavy atom. The second-order valence-electron chi connectivity index (χ2n) is 6.03. The van der Waals surface area contributed by atoms with Crippen LogP contribution in [0.3, 0.4) is 0 Å². The van der Waals surface area contributed by atoms with Crippen LogP contribution in [0.2, 0.25) is 10.0 Å². The summed E-state index contributed by atoms with van der Waals surface area (Å²) in [5, 5.41) is 5.60. The van der Waals surface area contributed by atoms with Gasteiger partial charge >= 0.3 is 11.8 Å². The molecule has 0 aliphatic heterocycles. The predicted octanol–water partition coefficient (Wildman–Crippen LogP) is 4.60. The third-order valence-corrected chi connectivity index (χ3v) is 4.28. The second-order valence-corrected chi connectivity index (χ2v) is 6.90. The number of nitrogens with zero attached hydrogens (tertiary/aromatic N) is 1. The van der Waals surface area contributed by atoms with Crippen molar-refractivity contribution in [1.29, 1.82) is 0 Å². The van der Waals surface area contributed by atoms with Crippen LogP contribution in [0.5, 0.6) is 5.75 Å². The van der Waals surface area contributed by atoms with Crippen molar-refractivity contribution in [2.45, 2.75) is 6.54 Å². The molecule has 30 heavy (non-hydrogen) atoms. The fourth-order valence-electron chi connectivity index (χ4n) is 2.49. The van der Waals surface area contributed by atoms with Crippen molar-refractivity contribution in [2.75, 3.05) is 12.4 Å². The molecule has 0 unspecified atom stereocenters. The molecule has 0 saturated heterocycles. The number of para-hydroxylation sites is 2. The van der Waals surface area contributed by atoms with Gasteiger partial charge in [-0.15, -0.1) is 0 Å². The molecule has 0 spiro atoms. The van der Waals surface area contributed by atoms with Gasteiger partial charge in [0.1, 0.15) is 23.0 Å². The average Bonchev–Trinajstić information content (AvgIpc) is 3.17. The van der Waals surface area contributed by atoms with E-state index in [-0.39, 0.29) is 6.54 Å². The van der Waals surface area contributed by atoms with Gasteiger partial charge in [0.2, 0.25) is 0 Å². The molecule has 154 valence electrons. The van der Waals surface area contributed by atoms with Crippen molar-refractivity contribution in [3.63, 3.8) is 0 Å². The van der Waals surface area contributed by atoms with Crippen LogP contribution in [-0.2, 0) is 16.1 Å². The molecule has 7 nitrogen and oxygen atoms in total. The van der Waals surface area contributed by atoms with Crippen molar-refractivity contribution >= 4 is 52.6 Å². The zero-order valence-electron chi connectivity index (χ0n) is 15.8. The number of furan rings is 1. The van der Waals surface area contributed by atoms with E-state index in [1.165, 1.54) is 18.2 Å². The van der Waals surface area contributed by atoms with E-state index in [9.17, 15) is 9.59 Å². The van der Waals surface area contributed by atoms with E-state index < -0.39 is 11.8 Å². The topological polar surface area (TPSA) is 92.9 Å². The summed E-state index contributed by atoms with van der Waals surface area (Å²) in [6.45, 7) is 0.0328. The van der Waals surface area contributed by atoms with E-state index in [0.29, 0.717) is 38.7 Å². The van der Waals surface area contributed by atoms with E-state index in [0.717, 1.165) is 0 Å². The lowest BCUT2D eigenvalue weighted by Crippen LogP contribution is -2.34. The zero-order valence-corrected chi connectivity index (χ0v) is 17.3. The number of benzene rings is 2. The molecule has 3 aromatic rings. The maximum absolute atomic E-state index is 12.0. The van der Waals surface area contributed by atoms with Gasteiger partial charge in [0, 0.05) is 15.7 Å². The second kappa shape index (κ2) is 9.96. The summed E-state index contributed by atoms with van der Waals surface area (Å²) < 4.78 is 10.8. The number of amides is 2. The normalized spacial score (nSPS) is 10.8. The molecular weight excluding hydrogens is 429 g/mol. The monoisotopic (exact) mass is 445 g/mol. The molecule has 0 saturated carbocycles. The molecule has 0 aliphatic rings. The van der Waals surface area contributed by atoms with Gasteiger partial charge in [0.25, 0.3) is 0 Å². The highest BCUT2D eigenvalue weighted by Gasteiger charge is 2.15. The molecule has 0 radical (unpaired) electrons. The first-order valence-electron chi connectivity index (χ1n) is 8.75. The maximum Gasteiger partial charge on any atom is 0.313 e. The van der Waals surface area contributed by atoms with Crippen LogP contribution in [0.1, 0.15) is 11.5 Å². The van der Waals surface area contributed by atoms with Gasteiger partial charge in [0.15, 0.2) is 0 Å². The number of nitrogens with one attached hydrogen (secondary N) is 2. The summed E-state index contributed by atoms with van der Waals surface area (Å²) in [7, 11) is 1.57. The molecule has 3 rings (SSSR count). The summed E-state index contributed by atoms with van der Waals surface area (Å²) in [5.74, 6) is -0.0871. The minimum atomic E-state index is -0.849. The maximum atomic E-state index is 12.0. The molecular formula is C21H17Cl2N3O4. The van der Waals surface area contributed by atoms with Gasteiger partial charge in [-0.05, 0) is 42.5 Å². The van der Waals surface area contributed by atoms with Gasteiger partial charge in [0.05, 0.1) is 19.9 Å². The predicted molar refractivity (Wildman–Crippen MR) is 116 cm³/mol. The smallest absolute Gasteiger partial charge is 0.313 e. The van der Waals surface area contributed by atoms with E-state index in [1.54, 1.807) is 31.5 Å². The fraction of sp³-hybridized carbons (Fsp3) is 0.0952. The first-order chi connectivity index (χ1) is 14.4. The Kier molecular flexibility index (Phi) is 7.11. The Balaban J connectivity index is 1.55. The fourth-order valence-corrected chi connectivity index (χ4v) is 3.02. The van der Waals surface area contributed by atoms with E-state index in [1.807, 2.05) is 18.2 Å². The van der Waals surface area contributed by atoms with Gasteiger partial charge < -0.3 is 19.8 Å². The Labute approximate surface area is 182 Å². The number of rotatable bonds is 6. The third kappa shape index (κ3) is 5.85. The number of hydrogen-bond donors (Lipinski definition) is 2. The first-order valence-corrected chi connectivity index (χ1v) is 9.51. The third-order valence-electron chi connectivity index (χ3n) is 3.85. The summed E-state index contributed by atoms with van der Waals surface area (Å²) in [4.78, 5) is 28.3. The molecule has 1 aromatic heterocycles. The number of carbonyl (C=O) groups is 2. The highest BCUT2D eigenvalue weighted by molar-refractivity contribution is 6.40. The number of methoxy groups -OCH3 is 1.